The summed E-state index contributed by atoms with van der Waals surface area (Å²) in [5.74, 6) is -3.18. The summed E-state index contributed by atoms with van der Waals surface area (Å²) >= 11 is 0. The van der Waals surface area contributed by atoms with E-state index in [-0.39, 0.29) is 13.1 Å². The van der Waals surface area contributed by atoms with Gasteiger partial charge in [-0.05, 0) is 13.8 Å². The zero-order valence-electron chi connectivity index (χ0n) is 10.1. The highest BCUT2D eigenvalue weighted by molar-refractivity contribution is 5.86. The van der Waals surface area contributed by atoms with E-state index < -0.39 is 23.7 Å². The Bertz CT molecular complexity index is 286. The summed E-state index contributed by atoms with van der Waals surface area (Å²) in [5, 5.41) is 0. The number of nitrogens with zero attached hydrogens (tertiary/aromatic N) is 1. The predicted molar refractivity (Wildman–Crippen MR) is 57.2 cm³/mol. The number of carbonyl (C=O) groups excluding carboxylic acids is 1. The molecule has 100 valence electrons. The third-order valence-corrected chi connectivity index (χ3v) is 2.76. The second kappa shape index (κ2) is 5.51. The Morgan fingerprint density at radius 2 is 1.71 bits per heavy atom. The highest BCUT2D eigenvalue weighted by Gasteiger charge is 2.65. The fraction of sp³-hybridized carbons (Fsp3) is 0.727. The van der Waals surface area contributed by atoms with Crippen LogP contribution in [0.1, 0.15) is 20.8 Å². The molecule has 0 rings (SSSR count). The van der Waals surface area contributed by atoms with Crippen molar-refractivity contribution >= 4 is 5.91 Å². The molecule has 1 amide bonds. The Balaban J connectivity index is 5.49. The Kier molecular flexibility index (Phi) is 5.16. The molecule has 0 heterocycles. The van der Waals surface area contributed by atoms with E-state index in [1.54, 1.807) is 0 Å². The largest absolute Gasteiger partial charge is 0.432 e. The summed E-state index contributed by atoms with van der Waals surface area (Å²) in [6.45, 7) is 7.16. The number of rotatable bonds is 5. The van der Waals surface area contributed by atoms with Gasteiger partial charge in [0.2, 0.25) is 0 Å². The Hall–Kier alpha value is -1.07. The minimum Gasteiger partial charge on any atom is -0.340 e. The van der Waals surface area contributed by atoms with Gasteiger partial charge in [0, 0.05) is 19.0 Å². The third-order valence-electron chi connectivity index (χ3n) is 2.76. The van der Waals surface area contributed by atoms with E-state index in [2.05, 4.69) is 6.58 Å². The Morgan fingerprint density at radius 3 is 1.94 bits per heavy atom. The molecule has 0 aromatic rings. The van der Waals surface area contributed by atoms with Crippen molar-refractivity contribution in [2.75, 3.05) is 13.1 Å². The topological polar surface area (TPSA) is 20.3 Å². The Morgan fingerprint density at radius 1 is 1.29 bits per heavy atom. The molecule has 2 atom stereocenters. The first-order valence-electron chi connectivity index (χ1n) is 5.34. The van der Waals surface area contributed by atoms with Crippen LogP contribution in [0.4, 0.5) is 17.6 Å². The molecule has 0 aromatic heterocycles. The summed E-state index contributed by atoms with van der Waals surface area (Å²) < 4.78 is 52.4. The Labute approximate surface area is 98.3 Å². The van der Waals surface area contributed by atoms with Crippen LogP contribution in [0.25, 0.3) is 0 Å². The molecule has 0 aliphatic rings. The SMILES string of the molecule is C=CC(C)[C@](F)(C(=O)N(CC)CC)C(F)(F)F. The van der Waals surface area contributed by atoms with E-state index in [0.717, 1.165) is 17.9 Å². The zero-order valence-corrected chi connectivity index (χ0v) is 10.1. The normalized spacial score (nSPS) is 17.1. The molecule has 0 saturated heterocycles. The van der Waals surface area contributed by atoms with Gasteiger partial charge in [-0.2, -0.15) is 13.2 Å². The van der Waals surface area contributed by atoms with Gasteiger partial charge in [-0.1, -0.05) is 13.0 Å². The molecule has 0 bridgehead atoms. The van der Waals surface area contributed by atoms with Gasteiger partial charge in [0.15, 0.2) is 0 Å². The molecule has 0 aromatic carbocycles. The van der Waals surface area contributed by atoms with E-state index in [4.69, 9.17) is 0 Å². The van der Waals surface area contributed by atoms with Gasteiger partial charge in [-0.3, -0.25) is 4.79 Å². The molecule has 0 aliphatic heterocycles. The van der Waals surface area contributed by atoms with Crippen LogP contribution in [-0.2, 0) is 4.79 Å². The molecule has 0 radical (unpaired) electrons. The molecule has 0 saturated carbocycles. The predicted octanol–water partition coefficient (Wildman–Crippen LogP) is 2.95. The van der Waals surface area contributed by atoms with Crippen LogP contribution in [-0.4, -0.2) is 35.7 Å². The van der Waals surface area contributed by atoms with Crippen LogP contribution in [0.2, 0.25) is 0 Å². The lowest BCUT2D eigenvalue weighted by atomic mass is 9.88. The molecular weight excluding hydrogens is 238 g/mol. The first-order chi connectivity index (χ1) is 7.66. The van der Waals surface area contributed by atoms with Crippen LogP contribution < -0.4 is 0 Å². The van der Waals surface area contributed by atoms with Gasteiger partial charge in [0.05, 0.1) is 0 Å². The molecule has 2 nitrogen and oxygen atoms in total. The average Bonchev–Trinajstić information content (AvgIpc) is 2.26. The molecule has 0 fully saturated rings. The number of carbonyl (C=O) groups is 1. The standard InChI is InChI=1S/C11H17F4NO/c1-5-8(4)10(12,11(13,14)15)9(17)16(6-2)7-3/h5,8H,1,6-7H2,2-4H3/t8?,10-/m0/s1. The van der Waals surface area contributed by atoms with Crippen LogP contribution in [0, 0.1) is 5.92 Å². The van der Waals surface area contributed by atoms with E-state index in [1.807, 2.05) is 0 Å². The first kappa shape index (κ1) is 15.9. The van der Waals surface area contributed by atoms with Gasteiger partial charge in [0.25, 0.3) is 11.6 Å². The number of alkyl halides is 4. The van der Waals surface area contributed by atoms with E-state index in [9.17, 15) is 22.4 Å². The lowest BCUT2D eigenvalue weighted by Gasteiger charge is -2.34. The molecule has 17 heavy (non-hydrogen) atoms. The van der Waals surface area contributed by atoms with Gasteiger partial charge < -0.3 is 4.90 Å². The lowest BCUT2D eigenvalue weighted by molar-refractivity contribution is -0.241. The monoisotopic (exact) mass is 255 g/mol. The number of allylic oxidation sites excluding steroid dienone is 1. The fourth-order valence-electron chi connectivity index (χ4n) is 1.48. The minimum atomic E-state index is -5.25. The van der Waals surface area contributed by atoms with E-state index in [0.29, 0.717) is 0 Å². The second-order valence-corrected chi connectivity index (χ2v) is 3.71. The summed E-state index contributed by atoms with van der Waals surface area (Å²) in [7, 11) is 0. The molecule has 0 aliphatic carbocycles. The second-order valence-electron chi connectivity index (χ2n) is 3.71. The van der Waals surface area contributed by atoms with Gasteiger partial charge in [-0.15, -0.1) is 6.58 Å². The van der Waals surface area contributed by atoms with E-state index >= 15 is 0 Å². The van der Waals surface area contributed by atoms with Gasteiger partial charge in [-0.25, -0.2) is 4.39 Å². The first-order valence-corrected chi connectivity index (χ1v) is 5.34. The highest BCUT2D eigenvalue weighted by Crippen LogP contribution is 2.41. The maximum absolute atomic E-state index is 14.1. The van der Waals surface area contributed by atoms with Crippen molar-refractivity contribution in [3.8, 4) is 0 Å². The molecule has 6 heteroatoms. The number of hydrogen-bond donors (Lipinski definition) is 0. The summed E-state index contributed by atoms with van der Waals surface area (Å²) in [6.07, 6.45) is -4.45. The van der Waals surface area contributed by atoms with Crippen LogP contribution in [0.3, 0.4) is 0 Å². The third kappa shape index (κ3) is 2.79. The van der Waals surface area contributed by atoms with Crippen LogP contribution >= 0.6 is 0 Å². The van der Waals surface area contributed by atoms with Gasteiger partial charge in [0.1, 0.15) is 0 Å². The summed E-state index contributed by atoms with van der Waals surface area (Å²) in [5.41, 5.74) is -3.90. The van der Waals surface area contributed by atoms with Crippen molar-refractivity contribution in [2.24, 2.45) is 5.92 Å². The van der Waals surface area contributed by atoms with Crippen LogP contribution in [0.15, 0.2) is 12.7 Å². The zero-order chi connectivity index (χ0) is 13.9. The maximum atomic E-state index is 14.1. The fourth-order valence-corrected chi connectivity index (χ4v) is 1.48. The van der Waals surface area contributed by atoms with Crippen molar-refractivity contribution in [3.05, 3.63) is 12.7 Å². The molecule has 0 spiro atoms. The number of halogens is 4. The number of hydrogen-bond acceptors (Lipinski definition) is 1. The maximum Gasteiger partial charge on any atom is 0.432 e. The van der Waals surface area contributed by atoms with Crippen molar-refractivity contribution in [1.29, 1.82) is 0 Å². The molecule has 1 unspecified atom stereocenters. The van der Waals surface area contributed by atoms with E-state index in [1.165, 1.54) is 13.8 Å². The van der Waals surface area contributed by atoms with Crippen molar-refractivity contribution in [3.63, 3.8) is 0 Å². The average molecular weight is 255 g/mol. The summed E-state index contributed by atoms with van der Waals surface area (Å²) in [4.78, 5) is 12.5. The van der Waals surface area contributed by atoms with Crippen molar-refractivity contribution in [2.45, 2.75) is 32.6 Å². The quantitative estimate of drug-likeness (QED) is 0.546. The molecular formula is C11H17F4NO. The van der Waals surface area contributed by atoms with Gasteiger partial charge >= 0.3 is 6.18 Å². The summed E-state index contributed by atoms with van der Waals surface area (Å²) in [6, 6.07) is 0. The van der Waals surface area contributed by atoms with Crippen molar-refractivity contribution < 1.29 is 22.4 Å². The smallest absolute Gasteiger partial charge is 0.340 e. The highest BCUT2D eigenvalue weighted by atomic mass is 19.4. The van der Waals surface area contributed by atoms with Crippen molar-refractivity contribution in [1.82, 2.24) is 4.90 Å². The minimum absolute atomic E-state index is 0.0287. The number of amides is 1. The lowest BCUT2D eigenvalue weighted by Crippen LogP contribution is -2.58. The molecule has 0 N–H and O–H groups in total. The van der Waals surface area contributed by atoms with Crippen LogP contribution in [0.5, 0.6) is 0 Å².